The molecule has 4 heteroatoms. The molecule has 0 aromatic heterocycles. The lowest BCUT2D eigenvalue weighted by Gasteiger charge is -2.27. The van der Waals surface area contributed by atoms with E-state index in [1.807, 2.05) is 6.07 Å². The van der Waals surface area contributed by atoms with Crippen molar-refractivity contribution >= 4 is 0 Å². The summed E-state index contributed by atoms with van der Waals surface area (Å²) < 4.78 is 13.3. The molecule has 0 spiro atoms. The molecule has 1 aromatic rings. The minimum absolute atomic E-state index is 0.0518. The summed E-state index contributed by atoms with van der Waals surface area (Å²) in [6.45, 7) is 6.68. The number of alkyl halides is 1. The van der Waals surface area contributed by atoms with E-state index in [0.717, 1.165) is 44.7 Å². The third-order valence-electron chi connectivity index (χ3n) is 3.45. The van der Waals surface area contributed by atoms with E-state index in [1.165, 1.54) is 6.92 Å². The first-order valence-electron chi connectivity index (χ1n) is 6.56. The number of piperazine rings is 1. The van der Waals surface area contributed by atoms with Gasteiger partial charge >= 0.3 is 0 Å². The molecular formula is C14H21FN2O. The third kappa shape index (κ3) is 3.43. The highest BCUT2D eigenvalue weighted by Gasteiger charge is 2.12. The van der Waals surface area contributed by atoms with E-state index < -0.39 is 6.17 Å². The van der Waals surface area contributed by atoms with E-state index in [0.29, 0.717) is 5.56 Å². The van der Waals surface area contributed by atoms with Crippen molar-refractivity contribution < 1.29 is 9.50 Å². The lowest BCUT2D eigenvalue weighted by molar-refractivity contribution is 0.244. The van der Waals surface area contributed by atoms with E-state index in [4.69, 9.17) is 0 Å². The molecule has 0 radical (unpaired) electrons. The number of nitrogens with one attached hydrogen (secondary N) is 1. The monoisotopic (exact) mass is 252 g/mol. The van der Waals surface area contributed by atoms with Crippen LogP contribution < -0.4 is 5.32 Å². The molecule has 3 nitrogen and oxygen atoms in total. The van der Waals surface area contributed by atoms with Crippen molar-refractivity contribution in [2.75, 3.05) is 32.7 Å². The fourth-order valence-corrected chi connectivity index (χ4v) is 2.30. The average Bonchev–Trinajstić information content (AvgIpc) is 2.38. The second-order valence-corrected chi connectivity index (χ2v) is 4.85. The number of aromatic hydroxyl groups is 1. The van der Waals surface area contributed by atoms with Gasteiger partial charge in [0.15, 0.2) is 0 Å². The zero-order valence-corrected chi connectivity index (χ0v) is 10.8. The molecule has 1 aliphatic rings. The van der Waals surface area contributed by atoms with Crippen LogP contribution in [0.5, 0.6) is 5.75 Å². The van der Waals surface area contributed by atoms with Crippen LogP contribution in [0.2, 0.25) is 0 Å². The maximum atomic E-state index is 13.3. The zero-order valence-electron chi connectivity index (χ0n) is 10.8. The Balaban J connectivity index is 1.94. The van der Waals surface area contributed by atoms with Crippen molar-refractivity contribution in [3.63, 3.8) is 0 Å². The SMILES string of the molecule is CC(F)c1cc(CCN2CCNCC2)ccc1O. The van der Waals surface area contributed by atoms with Crippen LogP contribution in [0.3, 0.4) is 0 Å². The number of hydrogen-bond donors (Lipinski definition) is 2. The Kier molecular flexibility index (Phi) is 4.55. The molecule has 1 saturated heterocycles. The number of benzene rings is 1. The molecular weight excluding hydrogens is 231 g/mol. The molecule has 0 aliphatic carbocycles. The number of phenols is 1. The Bertz CT molecular complexity index is 389. The van der Waals surface area contributed by atoms with Crippen LogP contribution in [-0.2, 0) is 6.42 Å². The molecule has 0 saturated carbocycles. The number of nitrogens with zero attached hydrogens (tertiary/aromatic N) is 1. The van der Waals surface area contributed by atoms with Crippen LogP contribution in [0.1, 0.15) is 24.2 Å². The maximum absolute atomic E-state index is 13.3. The number of rotatable bonds is 4. The molecule has 1 heterocycles. The Morgan fingerprint density at radius 1 is 1.39 bits per heavy atom. The van der Waals surface area contributed by atoms with Crippen LogP contribution in [0.4, 0.5) is 4.39 Å². The van der Waals surface area contributed by atoms with Crippen LogP contribution in [0.25, 0.3) is 0 Å². The summed E-state index contributed by atoms with van der Waals surface area (Å²) in [7, 11) is 0. The van der Waals surface area contributed by atoms with Gasteiger partial charge in [0.25, 0.3) is 0 Å². The van der Waals surface area contributed by atoms with Gasteiger partial charge in [-0.2, -0.15) is 0 Å². The van der Waals surface area contributed by atoms with Gasteiger partial charge < -0.3 is 15.3 Å². The summed E-state index contributed by atoms with van der Waals surface area (Å²) >= 11 is 0. The number of halogens is 1. The molecule has 0 amide bonds. The van der Waals surface area contributed by atoms with Gasteiger partial charge in [-0.15, -0.1) is 0 Å². The summed E-state index contributed by atoms with van der Waals surface area (Å²) in [4.78, 5) is 2.40. The van der Waals surface area contributed by atoms with E-state index in [9.17, 15) is 9.50 Å². The molecule has 2 N–H and O–H groups in total. The Morgan fingerprint density at radius 3 is 2.78 bits per heavy atom. The molecule has 0 bridgehead atoms. The Hall–Kier alpha value is -1.13. The van der Waals surface area contributed by atoms with Crippen LogP contribution in [0.15, 0.2) is 18.2 Å². The minimum Gasteiger partial charge on any atom is -0.508 e. The van der Waals surface area contributed by atoms with Gasteiger partial charge in [-0.05, 0) is 31.0 Å². The highest BCUT2D eigenvalue weighted by Crippen LogP contribution is 2.27. The zero-order chi connectivity index (χ0) is 13.0. The van der Waals surface area contributed by atoms with E-state index in [-0.39, 0.29) is 5.75 Å². The van der Waals surface area contributed by atoms with Gasteiger partial charge in [0.2, 0.25) is 0 Å². The number of phenolic OH excluding ortho intramolecular Hbond substituents is 1. The molecule has 1 unspecified atom stereocenters. The topological polar surface area (TPSA) is 35.5 Å². The number of hydrogen-bond acceptors (Lipinski definition) is 3. The lowest BCUT2D eigenvalue weighted by Crippen LogP contribution is -2.44. The Morgan fingerprint density at radius 2 is 2.11 bits per heavy atom. The van der Waals surface area contributed by atoms with Crippen LogP contribution >= 0.6 is 0 Å². The van der Waals surface area contributed by atoms with Crippen molar-refractivity contribution in [2.45, 2.75) is 19.5 Å². The minimum atomic E-state index is -1.12. The maximum Gasteiger partial charge on any atom is 0.126 e. The standard InChI is InChI=1S/C14H21FN2O/c1-11(15)13-10-12(2-3-14(13)18)4-7-17-8-5-16-6-9-17/h2-3,10-11,16,18H,4-9H2,1H3. The summed E-state index contributed by atoms with van der Waals surface area (Å²) in [6.07, 6.45) is -0.218. The van der Waals surface area contributed by atoms with E-state index in [2.05, 4.69) is 10.2 Å². The predicted molar refractivity (Wildman–Crippen MR) is 70.6 cm³/mol. The first-order valence-corrected chi connectivity index (χ1v) is 6.56. The largest absolute Gasteiger partial charge is 0.508 e. The van der Waals surface area contributed by atoms with Crippen LogP contribution in [-0.4, -0.2) is 42.7 Å². The predicted octanol–water partition coefficient (Wildman–Crippen LogP) is 1.87. The molecule has 2 rings (SSSR count). The highest BCUT2D eigenvalue weighted by molar-refractivity contribution is 5.37. The fourth-order valence-electron chi connectivity index (χ4n) is 2.30. The van der Waals surface area contributed by atoms with Crippen molar-refractivity contribution in [3.8, 4) is 5.75 Å². The van der Waals surface area contributed by atoms with Crippen molar-refractivity contribution in [3.05, 3.63) is 29.3 Å². The lowest BCUT2D eigenvalue weighted by atomic mass is 10.0. The second-order valence-electron chi connectivity index (χ2n) is 4.85. The summed E-state index contributed by atoms with van der Waals surface area (Å²) in [6, 6.07) is 5.25. The van der Waals surface area contributed by atoms with Crippen LogP contribution in [0, 0.1) is 0 Å². The smallest absolute Gasteiger partial charge is 0.126 e. The molecule has 1 aliphatic heterocycles. The van der Waals surface area contributed by atoms with E-state index in [1.54, 1.807) is 12.1 Å². The highest BCUT2D eigenvalue weighted by atomic mass is 19.1. The normalized spacial score (nSPS) is 18.8. The van der Waals surface area contributed by atoms with Gasteiger partial charge in [0.1, 0.15) is 11.9 Å². The summed E-state index contributed by atoms with van der Waals surface area (Å²) in [5.41, 5.74) is 1.48. The molecule has 1 atom stereocenters. The van der Waals surface area contributed by atoms with Gasteiger partial charge in [-0.3, -0.25) is 0 Å². The first-order chi connectivity index (χ1) is 8.66. The quantitative estimate of drug-likeness (QED) is 0.858. The molecule has 1 fully saturated rings. The summed E-state index contributed by atoms with van der Waals surface area (Å²) in [5, 5.41) is 12.9. The van der Waals surface area contributed by atoms with Gasteiger partial charge in [-0.1, -0.05) is 6.07 Å². The van der Waals surface area contributed by atoms with Gasteiger partial charge in [0, 0.05) is 38.3 Å². The molecule has 18 heavy (non-hydrogen) atoms. The summed E-state index contributed by atoms with van der Waals surface area (Å²) in [5.74, 6) is 0.0518. The van der Waals surface area contributed by atoms with Gasteiger partial charge in [0.05, 0.1) is 0 Å². The second kappa shape index (κ2) is 6.16. The van der Waals surface area contributed by atoms with Gasteiger partial charge in [-0.25, -0.2) is 4.39 Å². The Labute approximate surface area is 108 Å². The van der Waals surface area contributed by atoms with Crippen molar-refractivity contribution in [2.24, 2.45) is 0 Å². The fraction of sp³-hybridized carbons (Fsp3) is 0.571. The third-order valence-corrected chi connectivity index (χ3v) is 3.45. The first kappa shape index (κ1) is 13.3. The average molecular weight is 252 g/mol. The van der Waals surface area contributed by atoms with E-state index >= 15 is 0 Å². The van der Waals surface area contributed by atoms with Crippen molar-refractivity contribution in [1.29, 1.82) is 0 Å². The molecule has 1 aromatic carbocycles. The van der Waals surface area contributed by atoms with Crippen molar-refractivity contribution in [1.82, 2.24) is 10.2 Å². The molecule has 100 valence electrons.